The summed E-state index contributed by atoms with van der Waals surface area (Å²) < 4.78 is 35.0. The molecule has 1 N–H and O–H groups in total. The number of nitrogens with zero attached hydrogens (tertiary/aromatic N) is 3. The molecule has 0 atom stereocenters. The van der Waals surface area contributed by atoms with Crippen LogP contribution in [-0.4, -0.2) is 48.1 Å². The van der Waals surface area contributed by atoms with Gasteiger partial charge in [-0.1, -0.05) is 25.4 Å². The van der Waals surface area contributed by atoms with Crippen LogP contribution in [0.3, 0.4) is 0 Å². The summed E-state index contributed by atoms with van der Waals surface area (Å²) in [6.07, 6.45) is 4.65. The van der Waals surface area contributed by atoms with Gasteiger partial charge in [-0.05, 0) is 56.9 Å². The largest absolute Gasteiger partial charge is 0.492 e. The summed E-state index contributed by atoms with van der Waals surface area (Å²) in [7, 11) is -3.71. The van der Waals surface area contributed by atoms with E-state index >= 15 is 0 Å². The summed E-state index contributed by atoms with van der Waals surface area (Å²) in [5, 5.41) is 7.64. The Hall–Kier alpha value is -2.36. The summed E-state index contributed by atoms with van der Waals surface area (Å²) in [6, 6.07) is 4.64. The zero-order chi connectivity index (χ0) is 24.2. The molecule has 0 unspecified atom stereocenters. The van der Waals surface area contributed by atoms with Crippen LogP contribution in [0.2, 0.25) is 5.15 Å². The standard InChI is InChI=1S/C23H31ClN4O4S/c1-5-32-20-10-8-18(14-21(20)33(30,31)27-12-6-7-13-27)25-22(29)11-9-19-17(4)26-28(23(19)24)15-16(2)3/h8-11,14,16H,5-7,12-13,15H2,1-4H3,(H,25,29)/b11-9+. The average molecular weight is 495 g/mol. The highest BCUT2D eigenvalue weighted by Crippen LogP contribution is 2.31. The molecule has 0 radical (unpaired) electrons. The third-order valence-electron chi connectivity index (χ3n) is 5.24. The van der Waals surface area contributed by atoms with Crippen LogP contribution in [0.1, 0.15) is 44.9 Å². The van der Waals surface area contributed by atoms with E-state index in [-0.39, 0.29) is 10.6 Å². The molecule has 2 aromatic rings. The number of hydrogen-bond donors (Lipinski definition) is 1. The maximum absolute atomic E-state index is 13.1. The van der Waals surface area contributed by atoms with Gasteiger partial charge < -0.3 is 10.1 Å². The Bertz CT molecular complexity index is 1140. The maximum Gasteiger partial charge on any atom is 0.248 e. The van der Waals surface area contributed by atoms with Crippen LogP contribution >= 0.6 is 11.6 Å². The van der Waals surface area contributed by atoms with Crippen molar-refractivity contribution in [3.05, 3.63) is 40.7 Å². The van der Waals surface area contributed by atoms with Crippen molar-refractivity contribution >= 4 is 39.3 Å². The minimum absolute atomic E-state index is 0.0573. The van der Waals surface area contributed by atoms with Gasteiger partial charge in [-0.3, -0.25) is 9.48 Å². The molecule has 0 spiro atoms. The second-order valence-electron chi connectivity index (χ2n) is 8.39. The van der Waals surface area contributed by atoms with E-state index in [1.54, 1.807) is 29.8 Å². The molecule has 1 amide bonds. The van der Waals surface area contributed by atoms with Gasteiger partial charge in [0.2, 0.25) is 15.9 Å². The lowest BCUT2D eigenvalue weighted by Gasteiger charge is -2.19. The number of hydrogen-bond acceptors (Lipinski definition) is 5. The number of benzene rings is 1. The number of nitrogens with one attached hydrogen (secondary N) is 1. The molecule has 180 valence electrons. The Balaban J connectivity index is 1.81. The molecule has 1 aliphatic heterocycles. The Morgan fingerprint density at radius 2 is 2.00 bits per heavy atom. The molecule has 0 saturated carbocycles. The Morgan fingerprint density at radius 3 is 2.64 bits per heavy atom. The second-order valence-corrected chi connectivity index (χ2v) is 10.7. The first-order valence-corrected chi connectivity index (χ1v) is 12.9. The van der Waals surface area contributed by atoms with E-state index in [1.807, 2.05) is 6.92 Å². The maximum atomic E-state index is 13.1. The highest BCUT2D eigenvalue weighted by molar-refractivity contribution is 7.89. The van der Waals surface area contributed by atoms with Crippen LogP contribution < -0.4 is 10.1 Å². The first-order chi connectivity index (χ1) is 15.6. The molecule has 33 heavy (non-hydrogen) atoms. The van der Waals surface area contributed by atoms with E-state index in [9.17, 15) is 13.2 Å². The number of amides is 1. The molecule has 3 rings (SSSR count). The van der Waals surface area contributed by atoms with Gasteiger partial charge in [-0.2, -0.15) is 9.40 Å². The minimum Gasteiger partial charge on any atom is -0.492 e. The molecular weight excluding hydrogens is 464 g/mol. The molecule has 1 aromatic carbocycles. The van der Waals surface area contributed by atoms with Crippen molar-refractivity contribution in [2.45, 2.75) is 52.0 Å². The summed E-state index contributed by atoms with van der Waals surface area (Å²) in [5.41, 5.74) is 1.77. The highest BCUT2D eigenvalue weighted by atomic mass is 35.5. The third kappa shape index (κ3) is 5.96. The lowest BCUT2D eigenvalue weighted by atomic mass is 10.2. The summed E-state index contributed by atoms with van der Waals surface area (Å²) in [4.78, 5) is 12.6. The Morgan fingerprint density at radius 1 is 1.30 bits per heavy atom. The van der Waals surface area contributed by atoms with E-state index in [1.165, 1.54) is 16.4 Å². The number of rotatable bonds is 9. The van der Waals surface area contributed by atoms with E-state index < -0.39 is 15.9 Å². The van der Waals surface area contributed by atoms with Crippen LogP contribution in [0.4, 0.5) is 5.69 Å². The smallest absolute Gasteiger partial charge is 0.248 e. The zero-order valence-corrected chi connectivity index (χ0v) is 21.0. The van der Waals surface area contributed by atoms with Crippen molar-refractivity contribution in [2.24, 2.45) is 5.92 Å². The average Bonchev–Trinajstić information content (AvgIpc) is 3.37. The number of carbonyl (C=O) groups is 1. The lowest BCUT2D eigenvalue weighted by Crippen LogP contribution is -2.28. The monoisotopic (exact) mass is 494 g/mol. The number of ether oxygens (including phenoxy) is 1. The number of halogens is 1. The number of anilines is 1. The molecular formula is C23H31ClN4O4S. The van der Waals surface area contributed by atoms with Gasteiger partial charge in [-0.25, -0.2) is 8.42 Å². The molecule has 1 saturated heterocycles. The van der Waals surface area contributed by atoms with Crippen molar-refractivity contribution in [3.8, 4) is 5.75 Å². The van der Waals surface area contributed by atoms with Gasteiger partial charge in [-0.15, -0.1) is 0 Å². The SMILES string of the molecule is CCOc1ccc(NC(=O)/C=C/c2c(C)nn(CC(C)C)c2Cl)cc1S(=O)(=O)N1CCCC1. The summed E-state index contributed by atoms with van der Waals surface area (Å²) >= 11 is 6.43. The molecule has 0 bridgehead atoms. The Labute approximate surface area is 200 Å². The molecule has 1 fully saturated rings. The lowest BCUT2D eigenvalue weighted by molar-refractivity contribution is -0.111. The van der Waals surface area contributed by atoms with Crippen molar-refractivity contribution in [1.29, 1.82) is 0 Å². The topological polar surface area (TPSA) is 93.5 Å². The fourth-order valence-electron chi connectivity index (χ4n) is 3.70. The van der Waals surface area contributed by atoms with Crippen molar-refractivity contribution in [1.82, 2.24) is 14.1 Å². The number of aryl methyl sites for hydroxylation is 1. The zero-order valence-electron chi connectivity index (χ0n) is 19.5. The molecule has 8 nitrogen and oxygen atoms in total. The minimum atomic E-state index is -3.71. The van der Waals surface area contributed by atoms with Gasteiger partial charge in [0.25, 0.3) is 0 Å². The van der Waals surface area contributed by atoms with E-state index in [0.717, 1.165) is 18.5 Å². The van der Waals surface area contributed by atoms with Crippen LogP contribution in [0, 0.1) is 12.8 Å². The quantitative estimate of drug-likeness (QED) is 0.523. The fraction of sp³-hybridized carbons (Fsp3) is 0.478. The van der Waals surface area contributed by atoms with Crippen LogP contribution in [-0.2, 0) is 21.4 Å². The van der Waals surface area contributed by atoms with E-state index in [0.29, 0.717) is 48.6 Å². The van der Waals surface area contributed by atoms with Gasteiger partial charge in [0.05, 0.1) is 12.3 Å². The van der Waals surface area contributed by atoms with Gasteiger partial charge in [0.15, 0.2) is 0 Å². The molecule has 0 aliphatic carbocycles. The third-order valence-corrected chi connectivity index (χ3v) is 7.56. The van der Waals surface area contributed by atoms with E-state index in [2.05, 4.69) is 24.3 Å². The van der Waals surface area contributed by atoms with Gasteiger partial charge in [0.1, 0.15) is 15.8 Å². The van der Waals surface area contributed by atoms with Gasteiger partial charge >= 0.3 is 0 Å². The first-order valence-electron chi connectivity index (χ1n) is 11.1. The second kappa shape index (κ2) is 10.7. The highest BCUT2D eigenvalue weighted by Gasteiger charge is 2.30. The summed E-state index contributed by atoms with van der Waals surface area (Å²) in [6.45, 7) is 9.76. The predicted molar refractivity (Wildman–Crippen MR) is 130 cm³/mol. The number of sulfonamides is 1. The van der Waals surface area contributed by atoms with Crippen molar-refractivity contribution in [3.63, 3.8) is 0 Å². The van der Waals surface area contributed by atoms with Crippen molar-refractivity contribution in [2.75, 3.05) is 25.0 Å². The van der Waals surface area contributed by atoms with Crippen LogP contribution in [0.25, 0.3) is 6.08 Å². The molecule has 2 heterocycles. The number of aromatic nitrogens is 2. The van der Waals surface area contributed by atoms with Crippen LogP contribution in [0.15, 0.2) is 29.2 Å². The fourth-order valence-corrected chi connectivity index (χ4v) is 5.68. The molecule has 1 aromatic heterocycles. The predicted octanol–water partition coefficient (Wildman–Crippen LogP) is 4.34. The Kier molecular flexibility index (Phi) is 8.20. The normalized spacial score (nSPS) is 15.0. The van der Waals surface area contributed by atoms with E-state index in [4.69, 9.17) is 16.3 Å². The number of carbonyl (C=O) groups excluding carboxylic acids is 1. The molecule has 10 heteroatoms. The summed E-state index contributed by atoms with van der Waals surface area (Å²) in [5.74, 6) is 0.251. The van der Waals surface area contributed by atoms with Crippen LogP contribution in [0.5, 0.6) is 5.75 Å². The first kappa shape index (κ1) is 25.3. The van der Waals surface area contributed by atoms with Crippen molar-refractivity contribution < 1.29 is 17.9 Å². The van der Waals surface area contributed by atoms with Gasteiger partial charge in [0, 0.05) is 37.0 Å². The molecule has 1 aliphatic rings.